The number of amides is 2. The molecular formula is C9H9FN2O2. The van der Waals surface area contributed by atoms with Crippen LogP contribution in [0.2, 0.25) is 0 Å². The van der Waals surface area contributed by atoms with Crippen molar-refractivity contribution in [3.05, 3.63) is 35.6 Å². The summed E-state index contributed by atoms with van der Waals surface area (Å²) in [7, 11) is 0. The number of carbonyl (C=O) groups is 2. The molecule has 0 aliphatic rings. The molecule has 0 atom stereocenters. The highest BCUT2D eigenvalue weighted by Gasteiger charge is 2.05. The normalized spacial score (nSPS) is 9.29. The minimum absolute atomic E-state index is 0.152. The fourth-order valence-corrected chi connectivity index (χ4v) is 0.847. The minimum atomic E-state index is -0.556. The highest BCUT2D eigenvalue weighted by Crippen LogP contribution is 2.02. The van der Waals surface area contributed by atoms with Crippen LogP contribution in [-0.2, 0) is 4.79 Å². The number of nitrogens with one attached hydrogen (secondary N) is 2. The third kappa shape index (κ3) is 2.85. The Hall–Kier alpha value is -1.91. The molecular weight excluding hydrogens is 187 g/mol. The van der Waals surface area contributed by atoms with E-state index >= 15 is 0 Å². The second-order valence-electron chi connectivity index (χ2n) is 2.65. The maximum atomic E-state index is 12.7. The van der Waals surface area contributed by atoms with Gasteiger partial charge in [0.05, 0.1) is 0 Å². The third-order valence-electron chi connectivity index (χ3n) is 1.44. The van der Waals surface area contributed by atoms with E-state index in [1.54, 1.807) is 0 Å². The fraction of sp³-hybridized carbons (Fsp3) is 0.111. The molecule has 2 N–H and O–H groups in total. The van der Waals surface area contributed by atoms with E-state index in [1.165, 1.54) is 25.1 Å². The predicted octanol–water partition coefficient (Wildman–Crippen LogP) is 0.607. The third-order valence-corrected chi connectivity index (χ3v) is 1.44. The number of hydrazine groups is 1. The molecule has 0 fully saturated rings. The first-order valence-electron chi connectivity index (χ1n) is 3.92. The molecule has 0 spiro atoms. The molecule has 0 aromatic heterocycles. The summed E-state index contributed by atoms with van der Waals surface area (Å²) in [6, 6.07) is 5.17. The number of carbonyl (C=O) groups excluding carboxylic acids is 2. The molecule has 0 bridgehead atoms. The predicted molar refractivity (Wildman–Crippen MR) is 47.7 cm³/mol. The summed E-state index contributed by atoms with van der Waals surface area (Å²) in [6.45, 7) is 1.26. The summed E-state index contributed by atoms with van der Waals surface area (Å²) >= 11 is 0. The van der Waals surface area contributed by atoms with Gasteiger partial charge >= 0.3 is 0 Å². The summed E-state index contributed by atoms with van der Waals surface area (Å²) in [5.41, 5.74) is 4.37. The Kier molecular flexibility index (Phi) is 3.17. The molecule has 1 aromatic carbocycles. The zero-order valence-corrected chi connectivity index (χ0v) is 7.50. The smallest absolute Gasteiger partial charge is 0.269 e. The van der Waals surface area contributed by atoms with Crippen LogP contribution >= 0.6 is 0 Å². The van der Waals surface area contributed by atoms with Crippen LogP contribution in [0.25, 0.3) is 0 Å². The van der Waals surface area contributed by atoms with Crippen molar-refractivity contribution in [2.45, 2.75) is 6.92 Å². The zero-order valence-electron chi connectivity index (χ0n) is 7.50. The van der Waals surface area contributed by atoms with Crippen LogP contribution in [0.5, 0.6) is 0 Å². The van der Waals surface area contributed by atoms with Crippen LogP contribution in [0.15, 0.2) is 24.3 Å². The lowest BCUT2D eigenvalue weighted by molar-refractivity contribution is -0.119. The molecule has 0 saturated carbocycles. The molecule has 1 rings (SSSR count). The van der Waals surface area contributed by atoms with E-state index in [0.717, 1.165) is 6.07 Å². The quantitative estimate of drug-likeness (QED) is 0.646. The van der Waals surface area contributed by atoms with Crippen LogP contribution in [0.3, 0.4) is 0 Å². The molecule has 14 heavy (non-hydrogen) atoms. The Morgan fingerprint density at radius 1 is 1.29 bits per heavy atom. The van der Waals surface area contributed by atoms with Gasteiger partial charge in [-0.05, 0) is 18.2 Å². The van der Waals surface area contributed by atoms with Gasteiger partial charge in [0.2, 0.25) is 5.91 Å². The van der Waals surface area contributed by atoms with Crippen molar-refractivity contribution in [2.24, 2.45) is 0 Å². The molecule has 0 aliphatic carbocycles. The number of hydrogen-bond donors (Lipinski definition) is 2. The molecule has 74 valence electrons. The maximum Gasteiger partial charge on any atom is 0.269 e. The number of halogens is 1. The van der Waals surface area contributed by atoms with Crippen LogP contribution in [0, 0.1) is 5.82 Å². The summed E-state index contributed by atoms with van der Waals surface area (Å²) in [6.07, 6.45) is 0. The van der Waals surface area contributed by atoms with E-state index in [1.807, 2.05) is 0 Å². The van der Waals surface area contributed by atoms with Crippen LogP contribution in [0.4, 0.5) is 4.39 Å². The van der Waals surface area contributed by atoms with Gasteiger partial charge < -0.3 is 0 Å². The molecule has 2 amide bonds. The SMILES string of the molecule is CC(=O)NNC(=O)c1cccc(F)c1. The summed E-state index contributed by atoms with van der Waals surface area (Å²) < 4.78 is 12.7. The van der Waals surface area contributed by atoms with E-state index in [2.05, 4.69) is 10.9 Å². The Morgan fingerprint density at radius 3 is 2.57 bits per heavy atom. The first kappa shape index (κ1) is 10.2. The molecule has 0 heterocycles. The first-order chi connectivity index (χ1) is 6.59. The molecule has 1 aromatic rings. The van der Waals surface area contributed by atoms with E-state index in [-0.39, 0.29) is 5.56 Å². The number of rotatable bonds is 1. The second-order valence-corrected chi connectivity index (χ2v) is 2.65. The van der Waals surface area contributed by atoms with Crippen molar-refractivity contribution in [1.82, 2.24) is 10.9 Å². The van der Waals surface area contributed by atoms with Crippen LogP contribution in [0.1, 0.15) is 17.3 Å². The van der Waals surface area contributed by atoms with Gasteiger partial charge in [0.1, 0.15) is 5.82 Å². The van der Waals surface area contributed by atoms with E-state index < -0.39 is 17.6 Å². The Morgan fingerprint density at radius 2 is 2.00 bits per heavy atom. The van der Waals surface area contributed by atoms with Crippen LogP contribution in [-0.4, -0.2) is 11.8 Å². The zero-order chi connectivity index (χ0) is 10.6. The standard InChI is InChI=1S/C9H9FN2O2/c1-6(13)11-12-9(14)7-3-2-4-8(10)5-7/h2-5H,1H3,(H,11,13)(H,12,14). The largest absolute Gasteiger partial charge is 0.274 e. The molecule has 4 nitrogen and oxygen atoms in total. The van der Waals surface area contributed by atoms with E-state index in [4.69, 9.17) is 0 Å². The van der Waals surface area contributed by atoms with Crippen molar-refractivity contribution in [1.29, 1.82) is 0 Å². The first-order valence-corrected chi connectivity index (χ1v) is 3.92. The van der Waals surface area contributed by atoms with Crippen molar-refractivity contribution >= 4 is 11.8 Å². The minimum Gasteiger partial charge on any atom is -0.274 e. The fourth-order valence-electron chi connectivity index (χ4n) is 0.847. The number of benzene rings is 1. The van der Waals surface area contributed by atoms with Gasteiger partial charge in [0, 0.05) is 12.5 Å². The lowest BCUT2D eigenvalue weighted by Gasteiger charge is -2.04. The van der Waals surface area contributed by atoms with Gasteiger partial charge in [0.15, 0.2) is 0 Å². The summed E-state index contributed by atoms with van der Waals surface area (Å²) in [5, 5.41) is 0. The Balaban J connectivity index is 2.65. The van der Waals surface area contributed by atoms with Gasteiger partial charge in [-0.3, -0.25) is 20.4 Å². The molecule has 0 saturated heterocycles. The highest BCUT2D eigenvalue weighted by atomic mass is 19.1. The maximum absolute atomic E-state index is 12.7. The number of hydrogen-bond acceptors (Lipinski definition) is 2. The van der Waals surface area contributed by atoms with Gasteiger partial charge in [-0.15, -0.1) is 0 Å². The average Bonchev–Trinajstić information content (AvgIpc) is 2.14. The molecule has 0 aliphatic heterocycles. The summed E-state index contributed by atoms with van der Waals surface area (Å²) in [4.78, 5) is 21.7. The average molecular weight is 196 g/mol. The van der Waals surface area contributed by atoms with Gasteiger partial charge in [-0.2, -0.15) is 0 Å². The monoisotopic (exact) mass is 196 g/mol. The van der Waals surface area contributed by atoms with Crippen LogP contribution < -0.4 is 10.9 Å². The topological polar surface area (TPSA) is 58.2 Å². The summed E-state index contributed by atoms with van der Waals surface area (Å²) in [5.74, 6) is -1.45. The molecule has 5 heteroatoms. The molecule has 0 radical (unpaired) electrons. The van der Waals surface area contributed by atoms with Crippen molar-refractivity contribution in [3.63, 3.8) is 0 Å². The lowest BCUT2D eigenvalue weighted by Crippen LogP contribution is -2.40. The van der Waals surface area contributed by atoms with Crippen molar-refractivity contribution in [2.75, 3.05) is 0 Å². The Bertz CT molecular complexity index is 366. The van der Waals surface area contributed by atoms with Crippen molar-refractivity contribution < 1.29 is 14.0 Å². The van der Waals surface area contributed by atoms with E-state index in [9.17, 15) is 14.0 Å². The van der Waals surface area contributed by atoms with Gasteiger partial charge in [-0.25, -0.2) is 4.39 Å². The van der Waals surface area contributed by atoms with Gasteiger partial charge in [-0.1, -0.05) is 6.07 Å². The second kappa shape index (κ2) is 4.36. The Labute approximate surface area is 80.1 Å². The van der Waals surface area contributed by atoms with Crippen molar-refractivity contribution in [3.8, 4) is 0 Å². The van der Waals surface area contributed by atoms with E-state index in [0.29, 0.717) is 0 Å². The van der Waals surface area contributed by atoms with Gasteiger partial charge in [0.25, 0.3) is 5.91 Å². The molecule has 0 unspecified atom stereocenters. The lowest BCUT2D eigenvalue weighted by atomic mass is 10.2. The highest BCUT2D eigenvalue weighted by molar-refractivity contribution is 5.95.